The molecule has 0 heterocycles. The number of rotatable bonds is 4. The highest BCUT2D eigenvalue weighted by atomic mass is 16.5. The van der Waals surface area contributed by atoms with Gasteiger partial charge in [0.15, 0.2) is 0 Å². The Morgan fingerprint density at radius 2 is 2.07 bits per heavy atom. The van der Waals surface area contributed by atoms with E-state index in [1.807, 2.05) is 44.2 Å². The van der Waals surface area contributed by atoms with E-state index in [2.05, 4.69) is 0 Å². The lowest BCUT2D eigenvalue weighted by Gasteiger charge is -2.10. The minimum atomic E-state index is -0.257. The van der Waals surface area contributed by atoms with E-state index in [-0.39, 0.29) is 12.1 Å². The molecule has 0 N–H and O–H groups in total. The van der Waals surface area contributed by atoms with E-state index in [1.54, 1.807) is 12.1 Å². The van der Waals surface area contributed by atoms with Crippen molar-refractivity contribution in [2.24, 2.45) is 0 Å². The van der Waals surface area contributed by atoms with Crippen LogP contribution in [0.4, 0.5) is 0 Å². The summed E-state index contributed by atoms with van der Waals surface area (Å²) in [7, 11) is 0. The topological polar surface area (TPSA) is 26.3 Å². The lowest BCUT2D eigenvalue weighted by Crippen LogP contribution is -2.14. The highest BCUT2D eigenvalue weighted by Gasteiger charge is 2.09. The molecule has 15 heavy (non-hydrogen) atoms. The Bertz CT molecular complexity index is 328. The molecule has 0 aliphatic carbocycles. The highest BCUT2D eigenvalue weighted by molar-refractivity contribution is 5.89. The smallest absolute Gasteiger partial charge is 0.338 e. The third kappa shape index (κ3) is 3.98. The first-order chi connectivity index (χ1) is 7.24. The van der Waals surface area contributed by atoms with Crippen molar-refractivity contribution in [3.05, 3.63) is 48.0 Å². The van der Waals surface area contributed by atoms with Gasteiger partial charge >= 0.3 is 5.97 Å². The Morgan fingerprint density at radius 3 is 2.67 bits per heavy atom. The molecular formula is C13H16O2. The van der Waals surface area contributed by atoms with E-state index in [0.29, 0.717) is 5.56 Å². The zero-order valence-corrected chi connectivity index (χ0v) is 9.14. The predicted molar refractivity (Wildman–Crippen MR) is 60.8 cm³/mol. The molecule has 80 valence electrons. The number of carbonyl (C=O) groups excluding carboxylic acids is 1. The van der Waals surface area contributed by atoms with Crippen molar-refractivity contribution in [3.63, 3.8) is 0 Å². The van der Waals surface area contributed by atoms with Gasteiger partial charge in [-0.15, -0.1) is 0 Å². The summed E-state index contributed by atoms with van der Waals surface area (Å²) < 4.78 is 5.25. The molecule has 1 atom stereocenters. The van der Waals surface area contributed by atoms with Crippen molar-refractivity contribution < 1.29 is 9.53 Å². The molecule has 1 unspecified atom stereocenters. The van der Waals surface area contributed by atoms with Gasteiger partial charge < -0.3 is 4.74 Å². The Labute approximate surface area is 90.6 Å². The number of esters is 1. The first kappa shape index (κ1) is 11.5. The highest BCUT2D eigenvalue weighted by Crippen LogP contribution is 2.06. The van der Waals surface area contributed by atoms with Crippen molar-refractivity contribution in [2.45, 2.75) is 26.4 Å². The maximum absolute atomic E-state index is 11.6. The van der Waals surface area contributed by atoms with Gasteiger partial charge in [0, 0.05) is 6.42 Å². The SMILES string of the molecule is C/C=C/CC(C)OC(=O)c1ccccc1. The Kier molecular flexibility index (Phi) is 4.61. The third-order valence-corrected chi connectivity index (χ3v) is 2.02. The molecule has 0 radical (unpaired) electrons. The number of hydrogen-bond donors (Lipinski definition) is 0. The van der Waals surface area contributed by atoms with Crippen LogP contribution in [0.3, 0.4) is 0 Å². The molecule has 1 aromatic rings. The number of carbonyl (C=O) groups is 1. The van der Waals surface area contributed by atoms with Crippen LogP contribution < -0.4 is 0 Å². The van der Waals surface area contributed by atoms with Crippen LogP contribution in [0.2, 0.25) is 0 Å². The lowest BCUT2D eigenvalue weighted by atomic mass is 10.2. The van der Waals surface area contributed by atoms with Crippen molar-refractivity contribution >= 4 is 5.97 Å². The van der Waals surface area contributed by atoms with Crippen LogP contribution in [0.1, 0.15) is 30.6 Å². The normalized spacial score (nSPS) is 12.7. The van der Waals surface area contributed by atoms with Crippen LogP contribution in [0.15, 0.2) is 42.5 Å². The van der Waals surface area contributed by atoms with Crippen molar-refractivity contribution in [3.8, 4) is 0 Å². The van der Waals surface area contributed by atoms with Gasteiger partial charge in [-0.2, -0.15) is 0 Å². The monoisotopic (exact) mass is 204 g/mol. The summed E-state index contributed by atoms with van der Waals surface area (Å²) in [6.45, 7) is 3.84. The van der Waals surface area contributed by atoms with Crippen LogP contribution in [0.25, 0.3) is 0 Å². The van der Waals surface area contributed by atoms with Gasteiger partial charge in [0.2, 0.25) is 0 Å². The molecule has 2 nitrogen and oxygen atoms in total. The first-order valence-corrected chi connectivity index (χ1v) is 5.11. The van der Waals surface area contributed by atoms with Gasteiger partial charge in [-0.3, -0.25) is 0 Å². The molecule has 1 aromatic carbocycles. The molecule has 0 bridgehead atoms. The Hall–Kier alpha value is -1.57. The molecular weight excluding hydrogens is 188 g/mol. The number of hydrogen-bond acceptors (Lipinski definition) is 2. The first-order valence-electron chi connectivity index (χ1n) is 5.11. The van der Waals surface area contributed by atoms with Crippen LogP contribution in [-0.2, 0) is 4.74 Å². The fourth-order valence-corrected chi connectivity index (χ4v) is 1.20. The minimum absolute atomic E-state index is 0.0751. The second-order valence-electron chi connectivity index (χ2n) is 3.39. The van der Waals surface area contributed by atoms with Gasteiger partial charge in [-0.25, -0.2) is 4.79 Å². The summed E-state index contributed by atoms with van der Waals surface area (Å²) in [4.78, 5) is 11.6. The van der Waals surface area contributed by atoms with Gasteiger partial charge in [-0.05, 0) is 26.0 Å². The van der Waals surface area contributed by atoms with E-state index in [4.69, 9.17) is 4.74 Å². The fraction of sp³-hybridized carbons (Fsp3) is 0.308. The standard InChI is InChI=1S/C13H16O2/c1-3-4-8-11(2)15-13(14)12-9-6-5-7-10-12/h3-7,9-11H,8H2,1-2H3/b4-3+. The molecule has 0 aromatic heterocycles. The summed E-state index contributed by atoms with van der Waals surface area (Å²) in [5, 5.41) is 0. The minimum Gasteiger partial charge on any atom is -0.459 e. The molecule has 0 aliphatic rings. The van der Waals surface area contributed by atoms with E-state index in [1.165, 1.54) is 0 Å². The molecule has 0 fully saturated rings. The average molecular weight is 204 g/mol. The van der Waals surface area contributed by atoms with Crippen LogP contribution in [0.5, 0.6) is 0 Å². The second kappa shape index (κ2) is 6.02. The summed E-state index contributed by atoms with van der Waals surface area (Å²) in [6.07, 6.45) is 4.62. The van der Waals surface area contributed by atoms with Crippen molar-refractivity contribution in [1.29, 1.82) is 0 Å². The van der Waals surface area contributed by atoms with Gasteiger partial charge in [0.05, 0.1) is 5.56 Å². The zero-order chi connectivity index (χ0) is 11.1. The summed E-state index contributed by atoms with van der Waals surface area (Å²) in [6, 6.07) is 9.04. The number of ether oxygens (including phenoxy) is 1. The quantitative estimate of drug-likeness (QED) is 0.556. The fourth-order valence-electron chi connectivity index (χ4n) is 1.20. The van der Waals surface area contributed by atoms with E-state index in [9.17, 15) is 4.79 Å². The number of benzene rings is 1. The Balaban J connectivity index is 2.49. The maximum atomic E-state index is 11.6. The molecule has 2 heteroatoms. The predicted octanol–water partition coefficient (Wildman–Crippen LogP) is 3.20. The van der Waals surface area contributed by atoms with Crippen molar-refractivity contribution in [2.75, 3.05) is 0 Å². The Morgan fingerprint density at radius 1 is 1.40 bits per heavy atom. The molecule has 0 saturated heterocycles. The molecule has 0 spiro atoms. The van der Waals surface area contributed by atoms with E-state index < -0.39 is 0 Å². The van der Waals surface area contributed by atoms with Crippen molar-refractivity contribution in [1.82, 2.24) is 0 Å². The van der Waals surface area contributed by atoms with Gasteiger partial charge in [-0.1, -0.05) is 30.4 Å². The molecule has 0 amide bonds. The molecule has 0 saturated carbocycles. The largest absolute Gasteiger partial charge is 0.459 e. The maximum Gasteiger partial charge on any atom is 0.338 e. The van der Waals surface area contributed by atoms with Gasteiger partial charge in [0.25, 0.3) is 0 Å². The second-order valence-corrected chi connectivity index (χ2v) is 3.39. The molecule has 0 aliphatic heterocycles. The third-order valence-electron chi connectivity index (χ3n) is 2.02. The summed E-state index contributed by atoms with van der Waals surface area (Å²) >= 11 is 0. The van der Waals surface area contributed by atoms with Crippen LogP contribution in [-0.4, -0.2) is 12.1 Å². The zero-order valence-electron chi connectivity index (χ0n) is 9.14. The van der Waals surface area contributed by atoms with Crippen LogP contribution >= 0.6 is 0 Å². The summed E-state index contributed by atoms with van der Waals surface area (Å²) in [5.41, 5.74) is 0.602. The average Bonchev–Trinajstić information content (AvgIpc) is 2.27. The van der Waals surface area contributed by atoms with Crippen LogP contribution in [0, 0.1) is 0 Å². The number of allylic oxidation sites excluding steroid dienone is 1. The van der Waals surface area contributed by atoms with Gasteiger partial charge in [0.1, 0.15) is 6.10 Å². The van der Waals surface area contributed by atoms with E-state index in [0.717, 1.165) is 6.42 Å². The summed E-state index contributed by atoms with van der Waals surface area (Å²) in [5.74, 6) is -0.257. The molecule has 1 rings (SSSR count). The lowest BCUT2D eigenvalue weighted by molar-refractivity contribution is 0.0348. The van der Waals surface area contributed by atoms with E-state index >= 15 is 0 Å².